The summed E-state index contributed by atoms with van der Waals surface area (Å²) in [7, 11) is 0. The van der Waals surface area contributed by atoms with E-state index in [0.29, 0.717) is 11.4 Å². The number of aromatic carboxylic acids is 1. The van der Waals surface area contributed by atoms with Gasteiger partial charge in [-0.2, -0.15) is 0 Å². The predicted molar refractivity (Wildman–Crippen MR) is 67.7 cm³/mol. The molecule has 1 aromatic heterocycles. The monoisotopic (exact) mass is 266 g/mol. The number of rotatable bonds is 3. The summed E-state index contributed by atoms with van der Waals surface area (Å²) in [6, 6.07) is 3.02. The number of nitrogens with zero attached hydrogens (tertiary/aromatic N) is 1. The molecule has 0 aromatic carbocycles. The van der Waals surface area contributed by atoms with Crippen molar-refractivity contribution in [1.82, 2.24) is 10.3 Å². The van der Waals surface area contributed by atoms with E-state index < -0.39 is 5.97 Å². The molecule has 1 unspecified atom stereocenters. The van der Waals surface area contributed by atoms with Gasteiger partial charge in [0.1, 0.15) is 0 Å². The minimum absolute atomic E-state index is 0.0550. The molecule has 2 rings (SSSR count). The van der Waals surface area contributed by atoms with Crippen LogP contribution >= 0.6 is 11.8 Å². The number of carboxylic acid groups (broad SMARTS) is 1. The van der Waals surface area contributed by atoms with Crippen LogP contribution in [0.1, 0.15) is 29.6 Å². The van der Waals surface area contributed by atoms with Gasteiger partial charge in [-0.25, -0.2) is 9.78 Å². The first-order valence-corrected chi connectivity index (χ1v) is 6.66. The summed E-state index contributed by atoms with van der Waals surface area (Å²) in [6.07, 6.45) is 3.83. The van der Waals surface area contributed by atoms with Gasteiger partial charge in [-0.3, -0.25) is 4.79 Å². The van der Waals surface area contributed by atoms with Gasteiger partial charge in [-0.1, -0.05) is 0 Å². The molecule has 1 atom stereocenters. The van der Waals surface area contributed by atoms with E-state index in [9.17, 15) is 9.59 Å². The number of carboxylic acids is 1. The van der Waals surface area contributed by atoms with E-state index in [1.165, 1.54) is 24.0 Å². The van der Waals surface area contributed by atoms with Gasteiger partial charge in [0.05, 0.1) is 10.6 Å². The molecular formula is C12H14N2O3S. The van der Waals surface area contributed by atoms with Crippen LogP contribution in [0.2, 0.25) is 0 Å². The van der Waals surface area contributed by atoms with Crippen LogP contribution in [-0.2, 0) is 4.79 Å². The predicted octanol–water partition coefficient (Wildman–Crippen LogP) is 1.54. The summed E-state index contributed by atoms with van der Waals surface area (Å²) < 4.78 is 0. The molecule has 0 aliphatic carbocycles. The number of amides is 1. The summed E-state index contributed by atoms with van der Waals surface area (Å²) in [6.45, 7) is 0.721. The van der Waals surface area contributed by atoms with Crippen LogP contribution in [0.15, 0.2) is 23.4 Å². The quantitative estimate of drug-likeness (QED) is 0.867. The standard InChI is InChI=1S/C12H14N2O3S/c15-10-7-9(2-1-4-13-10)18-11-6-8(12(16)17)3-5-14-11/h3,5-6,9H,1-2,4,7H2,(H,13,15)(H,16,17). The van der Waals surface area contributed by atoms with Crippen molar-refractivity contribution in [2.24, 2.45) is 0 Å². The van der Waals surface area contributed by atoms with E-state index in [-0.39, 0.29) is 16.7 Å². The normalized spacial score (nSPS) is 20.0. The fourth-order valence-electron chi connectivity index (χ4n) is 1.82. The number of carbonyl (C=O) groups is 2. The molecule has 1 aromatic rings. The van der Waals surface area contributed by atoms with Crippen LogP contribution in [0.3, 0.4) is 0 Å². The zero-order valence-electron chi connectivity index (χ0n) is 9.76. The van der Waals surface area contributed by atoms with E-state index in [4.69, 9.17) is 5.11 Å². The third-order valence-corrected chi connectivity index (χ3v) is 3.91. The van der Waals surface area contributed by atoms with E-state index >= 15 is 0 Å². The van der Waals surface area contributed by atoms with Gasteiger partial charge in [0.15, 0.2) is 0 Å². The first kappa shape index (κ1) is 12.9. The molecule has 1 saturated heterocycles. The van der Waals surface area contributed by atoms with E-state index in [1.54, 1.807) is 6.07 Å². The molecule has 6 heteroatoms. The van der Waals surface area contributed by atoms with Crippen LogP contribution in [0.4, 0.5) is 0 Å². The largest absolute Gasteiger partial charge is 0.478 e. The van der Waals surface area contributed by atoms with E-state index in [2.05, 4.69) is 10.3 Å². The lowest BCUT2D eigenvalue weighted by molar-refractivity contribution is -0.120. The average Bonchev–Trinajstić information content (AvgIpc) is 2.54. The summed E-state index contributed by atoms with van der Waals surface area (Å²) >= 11 is 1.48. The van der Waals surface area contributed by atoms with Crippen molar-refractivity contribution in [2.45, 2.75) is 29.5 Å². The van der Waals surface area contributed by atoms with E-state index in [1.807, 2.05) is 0 Å². The number of carbonyl (C=O) groups excluding carboxylic acids is 1. The number of thioether (sulfide) groups is 1. The van der Waals surface area contributed by atoms with E-state index in [0.717, 1.165) is 19.4 Å². The maximum Gasteiger partial charge on any atom is 0.335 e. The number of nitrogens with one attached hydrogen (secondary N) is 1. The Bertz CT molecular complexity index is 464. The third kappa shape index (κ3) is 3.46. The highest BCUT2D eigenvalue weighted by Crippen LogP contribution is 2.28. The van der Waals surface area contributed by atoms with Crippen molar-refractivity contribution in [3.05, 3.63) is 23.9 Å². The van der Waals surface area contributed by atoms with Crippen molar-refractivity contribution in [2.75, 3.05) is 6.54 Å². The Balaban J connectivity index is 2.05. The van der Waals surface area contributed by atoms with Crippen molar-refractivity contribution in [1.29, 1.82) is 0 Å². The van der Waals surface area contributed by atoms with Crippen molar-refractivity contribution in [3.8, 4) is 0 Å². The van der Waals surface area contributed by atoms with Gasteiger partial charge < -0.3 is 10.4 Å². The maximum absolute atomic E-state index is 11.4. The van der Waals surface area contributed by atoms with Gasteiger partial charge in [0, 0.05) is 24.4 Å². The number of pyridine rings is 1. The number of hydrogen-bond acceptors (Lipinski definition) is 4. The molecule has 1 aliphatic rings. The highest BCUT2D eigenvalue weighted by atomic mass is 32.2. The number of hydrogen-bond donors (Lipinski definition) is 2. The van der Waals surface area contributed by atoms with Crippen LogP contribution in [0, 0.1) is 0 Å². The van der Waals surface area contributed by atoms with Gasteiger partial charge in [0.25, 0.3) is 0 Å². The molecule has 0 radical (unpaired) electrons. The van der Waals surface area contributed by atoms with Crippen LogP contribution in [0.5, 0.6) is 0 Å². The van der Waals surface area contributed by atoms with Crippen molar-refractivity contribution >= 4 is 23.6 Å². The lowest BCUT2D eigenvalue weighted by atomic mass is 10.2. The average molecular weight is 266 g/mol. The molecule has 0 bridgehead atoms. The molecule has 0 spiro atoms. The summed E-state index contributed by atoms with van der Waals surface area (Å²) in [5.74, 6) is -0.905. The Kier molecular flexibility index (Phi) is 4.19. The Morgan fingerprint density at radius 3 is 3.17 bits per heavy atom. The molecule has 1 aliphatic heterocycles. The summed E-state index contributed by atoms with van der Waals surface area (Å²) in [5.41, 5.74) is 0.227. The highest BCUT2D eigenvalue weighted by molar-refractivity contribution is 7.99. The van der Waals surface area contributed by atoms with Crippen LogP contribution < -0.4 is 5.32 Å². The minimum Gasteiger partial charge on any atom is -0.478 e. The van der Waals surface area contributed by atoms with Crippen LogP contribution in [-0.4, -0.2) is 33.8 Å². The Hall–Kier alpha value is -1.56. The van der Waals surface area contributed by atoms with Gasteiger partial charge >= 0.3 is 5.97 Å². The van der Waals surface area contributed by atoms with Crippen molar-refractivity contribution < 1.29 is 14.7 Å². The molecule has 2 heterocycles. The van der Waals surface area contributed by atoms with Crippen molar-refractivity contribution in [3.63, 3.8) is 0 Å². The zero-order chi connectivity index (χ0) is 13.0. The third-order valence-electron chi connectivity index (χ3n) is 2.71. The van der Waals surface area contributed by atoms with Gasteiger partial charge in [-0.05, 0) is 25.0 Å². The zero-order valence-corrected chi connectivity index (χ0v) is 10.6. The second-order valence-electron chi connectivity index (χ2n) is 4.12. The van der Waals surface area contributed by atoms with Gasteiger partial charge in [0.2, 0.25) is 5.91 Å². The molecular weight excluding hydrogens is 252 g/mol. The van der Waals surface area contributed by atoms with Crippen LogP contribution in [0.25, 0.3) is 0 Å². The smallest absolute Gasteiger partial charge is 0.335 e. The fraction of sp³-hybridized carbons (Fsp3) is 0.417. The molecule has 96 valence electrons. The first-order chi connectivity index (χ1) is 8.65. The molecule has 18 heavy (non-hydrogen) atoms. The summed E-state index contributed by atoms with van der Waals surface area (Å²) in [5, 5.41) is 12.6. The van der Waals surface area contributed by atoms with Gasteiger partial charge in [-0.15, -0.1) is 11.8 Å². The lowest BCUT2D eigenvalue weighted by Gasteiger charge is -2.11. The maximum atomic E-state index is 11.4. The molecule has 5 nitrogen and oxygen atoms in total. The topological polar surface area (TPSA) is 79.3 Å². The highest BCUT2D eigenvalue weighted by Gasteiger charge is 2.19. The molecule has 1 amide bonds. The SMILES string of the molecule is O=C1CC(Sc2cc(C(=O)O)ccn2)CCCN1. The lowest BCUT2D eigenvalue weighted by Crippen LogP contribution is -2.22. The second kappa shape index (κ2) is 5.86. The summed E-state index contributed by atoms with van der Waals surface area (Å²) in [4.78, 5) is 26.4. The Morgan fingerprint density at radius 1 is 1.56 bits per heavy atom. The Labute approximate surface area is 109 Å². The minimum atomic E-state index is -0.960. The first-order valence-electron chi connectivity index (χ1n) is 5.78. The number of aromatic nitrogens is 1. The second-order valence-corrected chi connectivity index (χ2v) is 5.44. The molecule has 2 N–H and O–H groups in total. The fourth-order valence-corrected chi connectivity index (χ4v) is 2.99. The Morgan fingerprint density at radius 2 is 2.39 bits per heavy atom. The molecule has 0 saturated carbocycles. The molecule has 1 fully saturated rings.